The van der Waals surface area contributed by atoms with E-state index in [2.05, 4.69) is 27.6 Å². The first-order chi connectivity index (χ1) is 11.4. The molecule has 3 rings (SSSR count). The Hall–Kier alpha value is -2.26. The van der Waals surface area contributed by atoms with Crippen molar-refractivity contribution in [3.8, 4) is 0 Å². The zero-order chi connectivity index (χ0) is 17.3. The van der Waals surface area contributed by atoms with E-state index in [0.717, 1.165) is 3.57 Å². The fraction of sp³-hybridized carbons (Fsp3) is 0. The fourth-order valence-corrected chi connectivity index (χ4v) is 2.66. The van der Waals surface area contributed by atoms with E-state index in [-0.39, 0.29) is 22.3 Å². The van der Waals surface area contributed by atoms with E-state index in [0.29, 0.717) is 11.1 Å². The number of nitro benzene ring substituents is 1. The Morgan fingerprint density at radius 2 is 1.92 bits per heavy atom. The van der Waals surface area contributed by atoms with Gasteiger partial charge in [-0.15, -0.1) is 0 Å². The molecule has 1 heterocycles. The number of benzene rings is 2. The van der Waals surface area contributed by atoms with Gasteiger partial charge in [-0.3, -0.25) is 10.1 Å². The van der Waals surface area contributed by atoms with E-state index in [1.807, 2.05) is 12.1 Å². The summed E-state index contributed by atoms with van der Waals surface area (Å²) in [4.78, 5) is 26.3. The number of esters is 1. The lowest BCUT2D eigenvalue weighted by atomic mass is 10.2. The van der Waals surface area contributed by atoms with Gasteiger partial charge in [0.1, 0.15) is 5.02 Å². The molecule has 1 aliphatic rings. The average Bonchev–Trinajstić information content (AvgIpc) is 2.88. The first-order valence-electron chi connectivity index (χ1n) is 6.66. The number of cyclic esters (lactones) is 1. The van der Waals surface area contributed by atoms with Crippen LogP contribution in [0, 0.1) is 13.7 Å². The van der Waals surface area contributed by atoms with Gasteiger partial charge in [0.25, 0.3) is 5.69 Å². The third-order valence-electron chi connectivity index (χ3n) is 3.18. The molecule has 0 N–H and O–H groups in total. The molecule has 0 saturated heterocycles. The predicted molar refractivity (Wildman–Crippen MR) is 97.9 cm³/mol. The molecule has 0 unspecified atom stereocenters. The van der Waals surface area contributed by atoms with E-state index in [1.54, 1.807) is 12.1 Å². The smallest absolute Gasteiger partial charge is 0.363 e. The van der Waals surface area contributed by atoms with Gasteiger partial charge in [0.2, 0.25) is 5.90 Å². The highest BCUT2D eigenvalue weighted by atomic mass is 127. The molecule has 120 valence electrons. The second-order valence-electron chi connectivity index (χ2n) is 4.81. The molecule has 0 aliphatic carbocycles. The summed E-state index contributed by atoms with van der Waals surface area (Å²) < 4.78 is 6.22. The molecular formula is C16H8ClIN2O4. The van der Waals surface area contributed by atoms with Crippen LogP contribution in [0.2, 0.25) is 5.02 Å². The second-order valence-corrected chi connectivity index (χ2v) is 6.46. The number of carbonyl (C=O) groups is 1. The highest BCUT2D eigenvalue weighted by molar-refractivity contribution is 14.1. The topological polar surface area (TPSA) is 81.8 Å². The number of carbonyl (C=O) groups excluding carboxylic acids is 1. The molecule has 1 aliphatic heterocycles. The van der Waals surface area contributed by atoms with Gasteiger partial charge < -0.3 is 4.74 Å². The monoisotopic (exact) mass is 454 g/mol. The largest absolute Gasteiger partial charge is 0.402 e. The van der Waals surface area contributed by atoms with Crippen molar-refractivity contribution in [1.29, 1.82) is 0 Å². The maximum atomic E-state index is 11.9. The Labute approximate surface area is 155 Å². The third-order valence-corrected chi connectivity index (χ3v) is 4.21. The molecule has 2 aromatic rings. The van der Waals surface area contributed by atoms with Crippen LogP contribution in [0.5, 0.6) is 0 Å². The van der Waals surface area contributed by atoms with Gasteiger partial charge in [0, 0.05) is 15.2 Å². The van der Waals surface area contributed by atoms with Crippen LogP contribution in [-0.2, 0) is 9.53 Å². The molecule has 6 nitrogen and oxygen atoms in total. The standard InChI is InChI=1S/C16H8ClIN2O4/c17-12-7-9(1-6-14(12)20(22)23)8-13-16(21)24-15(19-13)10-2-4-11(18)5-3-10/h1-8H/b13-8-. The Morgan fingerprint density at radius 3 is 2.54 bits per heavy atom. The Balaban J connectivity index is 1.92. The minimum Gasteiger partial charge on any atom is -0.402 e. The predicted octanol–water partition coefficient (Wildman–Crippen LogP) is 4.20. The summed E-state index contributed by atoms with van der Waals surface area (Å²) in [5.74, 6) is -0.367. The van der Waals surface area contributed by atoms with E-state index < -0.39 is 10.9 Å². The Kier molecular flexibility index (Phi) is 4.63. The van der Waals surface area contributed by atoms with Crippen molar-refractivity contribution in [2.45, 2.75) is 0 Å². The summed E-state index contributed by atoms with van der Waals surface area (Å²) in [5.41, 5.74) is 1.11. The van der Waals surface area contributed by atoms with Crippen LogP contribution >= 0.6 is 34.2 Å². The van der Waals surface area contributed by atoms with Gasteiger partial charge in [0.15, 0.2) is 5.70 Å². The highest BCUT2D eigenvalue weighted by Gasteiger charge is 2.24. The molecule has 0 bridgehead atoms. The number of halogens is 2. The van der Waals surface area contributed by atoms with Gasteiger partial charge in [-0.25, -0.2) is 9.79 Å². The Morgan fingerprint density at radius 1 is 1.21 bits per heavy atom. The molecule has 0 atom stereocenters. The van der Waals surface area contributed by atoms with Crippen molar-refractivity contribution >= 4 is 57.8 Å². The number of hydrogen-bond acceptors (Lipinski definition) is 5. The molecule has 0 spiro atoms. The van der Waals surface area contributed by atoms with Crippen molar-refractivity contribution in [2.75, 3.05) is 0 Å². The van der Waals surface area contributed by atoms with Crippen LogP contribution in [0.4, 0.5) is 5.69 Å². The van der Waals surface area contributed by atoms with Gasteiger partial charge >= 0.3 is 5.97 Å². The highest BCUT2D eigenvalue weighted by Crippen LogP contribution is 2.27. The molecule has 0 aromatic heterocycles. The molecule has 0 radical (unpaired) electrons. The lowest BCUT2D eigenvalue weighted by Gasteiger charge is -1.98. The van der Waals surface area contributed by atoms with Crippen LogP contribution in [0.15, 0.2) is 53.2 Å². The number of nitrogens with zero attached hydrogens (tertiary/aromatic N) is 2. The van der Waals surface area contributed by atoms with Crippen LogP contribution in [0.25, 0.3) is 6.08 Å². The molecule has 2 aromatic carbocycles. The fourth-order valence-electron chi connectivity index (χ4n) is 2.04. The summed E-state index contributed by atoms with van der Waals surface area (Å²) in [7, 11) is 0. The molecular weight excluding hydrogens is 447 g/mol. The summed E-state index contributed by atoms with van der Waals surface area (Å²) in [6.07, 6.45) is 1.47. The van der Waals surface area contributed by atoms with Crippen LogP contribution in [-0.4, -0.2) is 16.8 Å². The Bertz CT molecular complexity index is 907. The maximum absolute atomic E-state index is 11.9. The molecule has 24 heavy (non-hydrogen) atoms. The van der Waals surface area contributed by atoms with E-state index in [1.165, 1.54) is 24.3 Å². The van der Waals surface area contributed by atoms with Crippen molar-refractivity contribution in [3.63, 3.8) is 0 Å². The third kappa shape index (κ3) is 3.46. The summed E-state index contributed by atoms with van der Waals surface area (Å²) in [5, 5.41) is 10.8. The van der Waals surface area contributed by atoms with Crippen molar-refractivity contribution < 1.29 is 14.5 Å². The van der Waals surface area contributed by atoms with Gasteiger partial charge in [0.05, 0.1) is 4.92 Å². The van der Waals surface area contributed by atoms with Crippen molar-refractivity contribution in [3.05, 3.63) is 78.0 Å². The SMILES string of the molecule is O=C1OC(c2ccc(I)cc2)=N/C1=C\c1ccc([N+](=O)[O-])c(Cl)c1. The summed E-state index contributed by atoms with van der Waals surface area (Å²) in [6, 6.07) is 11.5. The van der Waals surface area contributed by atoms with Crippen molar-refractivity contribution in [1.82, 2.24) is 0 Å². The van der Waals surface area contributed by atoms with E-state index in [4.69, 9.17) is 16.3 Å². The normalized spacial score (nSPS) is 15.3. The van der Waals surface area contributed by atoms with Gasteiger partial charge in [-0.05, 0) is 70.6 Å². The van der Waals surface area contributed by atoms with E-state index >= 15 is 0 Å². The number of rotatable bonds is 3. The number of nitro groups is 1. The maximum Gasteiger partial charge on any atom is 0.363 e. The quantitative estimate of drug-likeness (QED) is 0.229. The van der Waals surface area contributed by atoms with E-state index in [9.17, 15) is 14.9 Å². The number of ether oxygens (including phenoxy) is 1. The van der Waals surface area contributed by atoms with Crippen molar-refractivity contribution in [2.24, 2.45) is 4.99 Å². The molecule has 0 amide bonds. The van der Waals surface area contributed by atoms with Gasteiger partial charge in [-0.2, -0.15) is 0 Å². The van der Waals surface area contributed by atoms with Crippen LogP contribution in [0.1, 0.15) is 11.1 Å². The second kappa shape index (κ2) is 6.70. The average molecular weight is 455 g/mol. The lowest BCUT2D eigenvalue weighted by Crippen LogP contribution is -2.05. The number of aliphatic imine (C=N–C) groups is 1. The minimum absolute atomic E-state index is 0.0115. The summed E-state index contributed by atoms with van der Waals surface area (Å²) >= 11 is 8.04. The molecule has 8 heteroatoms. The number of hydrogen-bond donors (Lipinski definition) is 0. The van der Waals surface area contributed by atoms with Crippen LogP contribution in [0.3, 0.4) is 0 Å². The first kappa shape index (κ1) is 16.6. The van der Waals surface area contributed by atoms with Gasteiger partial charge in [-0.1, -0.05) is 11.6 Å². The zero-order valence-corrected chi connectivity index (χ0v) is 14.8. The molecule has 0 fully saturated rings. The molecule has 0 saturated carbocycles. The van der Waals surface area contributed by atoms with Crippen LogP contribution < -0.4 is 0 Å². The summed E-state index contributed by atoms with van der Waals surface area (Å²) in [6.45, 7) is 0. The minimum atomic E-state index is -0.585. The lowest BCUT2D eigenvalue weighted by molar-refractivity contribution is -0.384. The first-order valence-corrected chi connectivity index (χ1v) is 8.12. The zero-order valence-electron chi connectivity index (χ0n) is 11.9.